The molecule has 5 nitrogen and oxygen atoms in total. The van der Waals surface area contributed by atoms with Crippen molar-refractivity contribution in [1.29, 1.82) is 0 Å². The van der Waals surface area contributed by atoms with Gasteiger partial charge in [0.05, 0.1) is 23.2 Å². The summed E-state index contributed by atoms with van der Waals surface area (Å²) in [4.78, 5) is 34.3. The Morgan fingerprint density at radius 3 is 2.78 bits per heavy atom. The number of thiophene rings is 1. The summed E-state index contributed by atoms with van der Waals surface area (Å²) in [6.07, 6.45) is 0.912. The van der Waals surface area contributed by atoms with E-state index < -0.39 is 0 Å². The van der Waals surface area contributed by atoms with Crippen LogP contribution in [-0.4, -0.2) is 32.7 Å². The number of carbonyl (C=O) groups excluding carboxylic acids is 1. The number of aromatic nitrogens is 2. The largest absolute Gasteiger partial charge is 0.337 e. The highest BCUT2D eigenvalue weighted by atomic mass is 32.2. The second-order valence-electron chi connectivity index (χ2n) is 8.01. The van der Waals surface area contributed by atoms with Crippen LogP contribution in [0.3, 0.4) is 0 Å². The number of nitrogens with zero attached hydrogens (tertiary/aromatic N) is 3. The smallest absolute Gasteiger partial charge is 0.262 e. The average Bonchev–Trinajstić information content (AvgIpc) is 3.29. The van der Waals surface area contributed by atoms with Crippen LogP contribution in [0.15, 0.2) is 69.9 Å². The first kappa shape index (κ1) is 21.0. The molecular weight excluding hydrogens is 438 g/mol. The minimum Gasteiger partial charge on any atom is -0.337 e. The maximum atomic E-state index is 13.3. The number of rotatable bonds is 5. The van der Waals surface area contributed by atoms with Crippen LogP contribution in [0.1, 0.15) is 21.6 Å². The number of carbonyl (C=O) groups is 1. The fourth-order valence-corrected chi connectivity index (χ4v) is 5.74. The van der Waals surface area contributed by atoms with Gasteiger partial charge in [0.25, 0.3) is 5.56 Å². The third-order valence-corrected chi connectivity index (χ3v) is 7.76. The number of para-hydroxylation sites is 1. The van der Waals surface area contributed by atoms with E-state index in [-0.39, 0.29) is 17.2 Å². The number of amides is 1. The molecule has 7 heteroatoms. The molecule has 1 amide bonds. The summed E-state index contributed by atoms with van der Waals surface area (Å²) < 4.78 is 1.69. The van der Waals surface area contributed by atoms with Gasteiger partial charge < -0.3 is 4.90 Å². The summed E-state index contributed by atoms with van der Waals surface area (Å²) in [6, 6.07) is 17.6. The molecule has 2 aromatic heterocycles. The first-order chi connectivity index (χ1) is 15.6. The summed E-state index contributed by atoms with van der Waals surface area (Å²) >= 11 is 3.11. The van der Waals surface area contributed by atoms with Crippen LogP contribution < -0.4 is 5.56 Å². The third-order valence-electron chi connectivity index (χ3n) is 5.77. The van der Waals surface area contributed by atoms with Gasteiger partial charge in [-0.25, -0.2) is 4.98 Å². The number of hydrogen-bond acceptors (Lipinski definition) is 5. The zero-order valence-corrected chi connectivity index (χ0v) is 19.4. The molecule has 162 valence electrons. The topological polar surface area (TPSA) is 55.2 Å². The summed E-state index contributed by atoms with van der Waals surface area (Å²) in [5, 5.41) is 3.27. The summed E-state index contributed by atoms with van der Waals surface area (Å²) in [5.74, 6) is 0.342. The van der Waals surface area contributed by atoms with Gasteiger partial charge in [-0.2, -0.15) is 0 Å². The SMILES string of the molecule is Cc1ccc(Cn2c(SCC(=O)N3CCc4sccc4C3)nc3ccccc3c2=O)cc1. The molecule has 5 rings (SSSR count). The predicted octanol–water partition coefficient (Wildman–Crippen LogP) is 4.49. The van der Waals surface area contributed by atoms with Crippen molar-refractivity contribution in [3.8, 4) is 0 Å². The quantitative estimate of drug-likeness (QED) is 0.325. The lowest BCUT2D eigenvalue weighted by atomic mass is 10.1. The standard InChI is InChI=1S/C25H23N3O2S2/c1-17-6-8-18(9-7-17)14-28-24(30)20-4-2-3-5-21(20)26-25(28)32-16-23(29)27-12-10-22-19(15-27)11-13-31-22/h2-9,11,13H,10,12,14-16H2,1H3. The van der Waals surface area contributed by atoms with E-state index in [0.717, 1.165) is 18.5 Å². The number of hydrogen-bond donors (Lipinski definition) is 0. The van der Waals surface area contributed by atoms with E-state index >= 15 is 0 Å². The zero-order chi connectivity index (χ0) is 22.1. The van der Waals surface area contributed by atoms with Gasteiger partial charge in [-0.1, -0.05) is 53.7 Å². The molecule has 0 aliphatic carbocycles. The molecule has 0 spiro atoms. The number of aryl methyl sites for hydroxylation is 1. The van der Waals surface area contributed by atoms with Crippen LogP contribution in [0.5, 0.6) is 0 Å². The van der Waals surface area contributed by atoms with Crippen molar-refractivity contribution < 1.29 is 4.79 Å². The van der Waals surface area contributed by atoms with E-state index in [2.05, 4.69) is 11.4 Å². The molecule has 0 fully saturated rings. The van der Waals surface area contributed by atoms with Gasteiger partial charge >= 0.3 is 0 Å². The zero-order valence-electron chi connectivity index (χ0n) is 17.8. The first-order valence-electron chi connectivity index (χ1n) is 10.6. The third kappa shape index (κ3) is 4.23. The molecule has 0 unspecified atom stereocenters. The molecule has 0 N–H and O–H groups in total. The Morgan fingerprint density at radius 1 is 1.12 bits per heavy atom. The fourth-order valence-electron chi connectivity index (χ4n) is 3.95. The minimum atomic E-state index is -0.0768. The fraction of sp³-hybridized carbons (Fsp3) is 0.240. The van der Waals surface area contributed by atoms with Gasteiger partial charge in [0, 0.05) is 18.0 Å². The van der Waals surface area contributed by atoms with Crippen molar-refractivity contribution in [2.24, 2.45) is 0 Å². The maximum absolute atomic E-state index is 13.3. The molecule has 0 saturated carbocycles. The summed E-state index contributed by atoms with van der Waals surface area (Å²) in [7, 11) is 0. The van der Waals surface area contributed by atoms with E-state index in [1.54, 1.807) is 15.9 Å². The van der Waals surface area contributed by atoms with Crippen LogP contribution in [0.4, 0.5) is 0 Å². The second kappa shape index (κ2) is 8.92. The lowest BCUT2D eigenvalue weighted by Crippen LogP contribution is -2.36. The number of fused-ring (bicyclic) bond motifs is 2. The normalized spacial score (nSPS) is 13.3. The van der Waals surface area contributed by atoms with Crippen molar-refractivity contribution in [2.45, 2.75) is 31.6 Å². The lowest BCUT2D eigenvalue weighted by Gasteiger charge is -2.27. The van der Waals surface area contributed by atoms with Crippen molar-refractivity contribution >= 4 is 39.9 Å². The summed E-state index contributed by atoms with van der Waals surface area (Å²) in [5.41, 5.74) is 4.04. The Morgan fingerprint density at radius 2 is 1.94 bits per heavy atom. The monoisotopic (exact) mass is 461 g/mol. The molecule has 0 radical (unpaired) electrons. The number of thioether (sulfide) groups is 1. The maximum Gasteiger partial charge on any atom is 0.262 e. The molecule has 32 heavy (non-hydrogen) atoms. The van der Waals surface area contributed by atoms with Crippen LogP contribution in [0.2, 0.25) is 0 Å². The number of benzene rings is 2. The summed E-state index contributed by atoms with van der Waals surface area (Å²) in [6.45, 7) is 3.88. The van der Waals surface area contributed by atoms with Gasteiger partial charge in [-0.3, -0.25) is 14.2 Å². The average molecular weight is 462 g/mol. The van der Waals surface area contributed by atoms with Crippen molar-refractivity contribution in [3.05, 3.63) is 91.9 Å². The Kier molecular flexibility index (Phi) is 5.85. The Hall–Kier alpha value is -2.90. The van der Waals surface area contributed by atoms with E-state index in [1.807, 2.05) is 60.4 Å². The van der Waals surface area contributed by atoms with Crippen molar-refractivity contribution in [1.82, 2.24) is 14.5 Å². The van der Waals surface area contributed by atoms with Gasteiger partial charge in [-0.15, -0.1) is 11.3 Å². The van der Waals surface area contributed by atoms with Crippen LogP contribution in [0.25, 0.3) is 10.9 Å². The molecule has 4 aromatic rings. The van der Waals surface area contributed by atoms with E-state index in [1.165, 1.54) is 27.8 Å². The van der Waals surface area contributed by atoms with E-state index in [9.17, 15) is 9.59 Å². The molecule has 1 aliphatic heterocycles. The van der Waals surface area contributed by atoms with Gasteiger partial charge in [0.2, 0.25) is 5.91 Å². The second-order valence-corrected chi connectivity index (χ2v) is 9.95. The predicted molar refractivity (Wildman–Crippen MR) is 130 cm³/mol. The van der Waals surface area contributed by atoms with Crippen molar-refractivity contribution in [3.63, 3.8) is 0 Å². The van der Waals surface area contributed by atoms with Crippen molar-refractivity contribution in [2.75, 3.05) is 12.3 Å². The van der Waals surface area contributed by atoms with E-state index in [0.29, 0.717) is 29.1 Å². The Balaban J connectivity index is 1.41. The lowest BCUT2D eigenvalue weighted by molar-refractivity contribution is -0.129. The molecule has 0 bridgehead atoms. The Bertz CT molecular complexity index is 1340. The highest BCUT2D eigenvalue weighted by Gasteiger charge is 2.22. The van der Waals surface area contributed by atoms with Gasteiger partial charge in [0.15, 0.2) is 5.16 Å². The van der Waals surface area contributed by atoms with Crippen LogP contribution in [0, 0.1) is 6.92 Å². The molecule has 1 aliphatic rings. The van der Waals surface area contributed by atoms with E-state index in [4.69, 9.17) is 4.98 Å². The highest BCUT2D eigenvalue weighted by molar-refractivity contribution is 7.99. The van der Waals surface area contributed by atoms with Gasteiger partial charge in [-0.05, 0) is 48.1 Å². The molecule has 3 heterocycles. The van der Waals surface area contributed by atoms with Crippen LogP contribution in [-0.2, 0) is 24.3 Å². The van der Waals surface area contributed by atoms with Crippen LogP contribution >= 0.6 is 23.1 Å². The highest BCUT2D eigenvalue weighted by Crippen LogP contribution is 2.25. The molecular formula is C25H23N3O2S2. The Labute approximate surface area is 194 Å². The molecule has 2 aromatic carbocycles. The van der Waals surface area contributed by atoms with Gasteiger partial charge in [0.1, 0.15) is 0 Å². The minimum absolute atomic E-state index is 0.0768. The first-order valence-corrected chi connectivity index (χ1v) is 12.5. The molecule has 0 saturated heterocycles. The molecule has 0 atom stereocenters.